The normalized spacial score (nSPS) is 15.9. The summed E-state index contributed by atoms with van der Waals surface area (Å²) < 4.78 is 5.37. The molecule has 1 aliphatic heterocycles. The molecule has 0 spiro atoms. The highest BCUT2D eigenvalue weighted by atomic mass is 16.3. The minimum Gasteiger partial charge on any atom is -0.463 e. The Morgan fingerprint density at radius 3 is 2.67 bits per heavy atom. The number of pyridine rings is 1. The lowest BCUT2D eigenvalue weighted by molar-refractivity contribution is 0.0631. The van der Waals surface area contributed by atoms with Crippen molar-refractivity contribution in [3.8, 4) is 11.5 Å². The zero-order valence-corrected chi connectivity index (χ0v) is 14.4. The number of furan rings is 1. The summed E-state index contributed by atoms with van der Waals surface area (Å²) in [6, 6.07) is 7.87. The van der Waals surface area contributed by atoms with Crippen molar-refractivity contribution in [3.63, 3.8) is 0 Å². The number of aromatic nitrogens is 1. The number of amides is 1. The Hall–Kier alpha value is -2.14. The van der Waals surface area contributed by atoms with Gasteiger partial charge in [0.2, 0.25) is 0 Å². The van der Waals surface area contributed by atoms with Gasteiger partial charge in [-0.15, -0.1) is 0 Å². The van der Waals surface area contributed by atoms with Gasteiger partial charge in [0.05, 0.1) is 6.26 Å². The number of likely N-dealkylation sites (tertiary alicyclic amines) is 1. The van der Waals surface area contributed by atoms with Gasteiger partial charge in [-0.1, -0.05) is 13.8 Å². The number of carbonyl (C=O) groups is 1. The second-order valence-corrected chi connectivity index (χ2v) is 6.15. The molecule has 1 amide bonds. The van der Waals surface area contributed by atoms with E-state index in [1.54, 1.807) is 18.5 Å². The molecule has 1 saturated heterocycles. The fourth-order valence-corrected chi connectivity index (χ4v) is 3.48. The molecular weight excluding hydrogens is 302 g/mol. The molecule has 3 heterocycles. The third-order valence-electron chi connectivity index (χ3n) is 4.86. The van der Waals surface area contributed by atoms with Crippen molar-refractivity contribution in [3.05, 3.63) is 42.3 Å². The van der Waals surface area contributed by atoms with Gasteiger partial charge in [-0.3, -0.25) is 9.78 Å². The Balaban J connectivity index is 1.67. The van der Waals surface area contributed by atoms with E-state index in [9.17, 15) is 4.79 Å². The maximum absolute atomic E-state index is 12.8. The van der Waals surface area contributed by atoms with Gasteiger partial charge in [0.25, 0.3) is 5.91 Å². The molecule has 1 aliphatic rings. The van der Waals surface area contributed by atoms with E-state index in [0.717, 1.165) is 39.0 Å². The van der Waals surface area contributed by atoms with Gasteiger partial charge < -0.3 is 14.2 Å². The maximum Gasteiger partial charge on any atom is 0.253 e. The highest BCUT2D eigenvalue weighted by Gasteiger charge is 2.26. The van der Waals surface area contributed by atoms with Gasteiger partial charge in [-0.05, 0) is 50.2 Å². The van der Waals surface area contributed by atoms with Crippen LogP contribution in [0.4, 0.5) is 0 Å². The molecule has 1 fully saturated rings. The van der Waals surface area contributed by atoms with Gasteiger partial charge in [-0.25, -0.2) is 0 Å². The van der Waals surface area contributed by atoms with Crippen LogP contribution in [0.5, 0.6) is 0 Å². The molecule has 0 atom stereocenters. The summed E-state index contributed by atoms with van der Waals surface area (Å²) in [5.74, 6) is 0.771. The van der Waals surface area contributed by atoms with E-state index in [-0.39, 0.29) is 5.91 Å². The van der Waals surface area contributed by atoms with Gasteiger partial charge in [0.1, 0.15) is 5.69 Å². The Bertz CT molecular complexity index is 657. The summed E-state index contributed by atoms with van der Waals surface area (Å²) in [4.78, 5) is 21.5. The van der Waals surface area contributed by atoms with E-state index >= 15 is 0 Å². The fraction of sp³-hybridized carbons (Fsp3) is 0.474. The van der Waals surface area contributed by atoms with Crippen molar-refractivity contribution in [2.24, 2.45) is 0 Å². The predicted molar refractivity (Wildman–Crippen MR) is 93.8 cm³/mol. The molecule has 0 bridgehead atoms. The van der Waals surface area contributed by atoms with E-state index < -0.39 is 0 Å². The van der Waals surface area contributed by atoms with E-state index in [2.05, 4.69) is 23.7 Å². The van der Waals surface area contributed by atoms with Crippen LogP contribution in [0.3, 0.4) is 0 Å². The summed E-state index contributed by atoms with van der Waals surface area (Å²) >= 11 is 0. The minimum absolute atomic E-state index is 0.0863. The molecule has 0 aromatic carbocycles. The fourth-order valence-electron chi connectivity index (χ4n) is 3.48. The third-order valence-corrected chi connectivity index (χ3v) is 4.86. The van der Waals surface area contributed by atoms with Crippen LogP contribution in [-0.2, 0) is 0 Å². The van der Waals surface area contributed by atoms with E-state index in [4.69, 9.17) is 4.42 Å². The van der Waals surface area contributed by atoms with Crippen LogP contribution in [0.15, 0.2) is 41.1 Å². The van der Waals surface area contributed by atoms with Crippen LogP contribution in [0.1, 0.15) is 37.0 Å². The van der Waals surface area contributed by atoms with Crippen molar-refractivity contribution in [1.82, 2.24) is 14.8 Å². The first kappa shape index (κ1) is 16.7. The largest absolute Gasteiger partial charge is 0.463 e. The van der Waals surface area contributed by atoms with Crippen LogP contribution >= 0.6 is 0 Å². The lowest BCUT2D eigenvalue weighted by Crippen LogP contribution is -2.46. The molecule has 128 valence electrons. The first-order chi connectivity index (χ1) is 11.7. The zero-order valence-electron chi connectivity index (χ0n) is 14.4. The van der Waals surface area contributed by atoms with Gasteiger partial charge in [-0.2, -0.15) is 0 Å². The first-order valence-electron chi connectivity index (χ1n) is 8.76. The van der Waals surface area contributed by atoms with Crippen LogP contribution in [-0.4, -0.2) is 52.9 Å². The van der Waals surface area contributed by atoms with Crippen molar-refractivity contribution >= 4 is 5.91 Å². The van der Waals surface area contributed by atoms with Crippen LogP contribution in [0.25, 0.3) is 11.5 Å². The van der Waals surface area contributed by atoms with E-state index in [1.807, 2.05) is 23.1 Å². The number of hydrogen-bond acceptors (Lipinski definition) is 4. The standard InChI is InChI=1S/C19H25N3O2/c1-3-21(4-2)16-8-11-22(12-9-16)19(23)15-7-10-20-17(14-15)18-6-5-13-24-18/h5-7,10,13-14,16H,3-4,8-9,11-12H2,1-2H3. The predicted octanol–water partition coefficient (Wildman–Crippen LogP) is 3.29. The maximum atomic E-state index is 12.8. The Morgan fingerprint density at radius 2 is 2.04 bits per heavy atom. The molecule has 3 rings (SSSR count). The van der Waals surface area contributed by atoms with Gasteiger partial charge >= 0.3 is 0 Å². The SMILES string of the molecule is CCN(CC)C1CCN(C(=O)c2ccnc(-c3ccco3)c2)CC1. The van der Waals surface area contributed by atoms with Crippen molar-refractivity contribution in [1.29, 1.82) is 0 Å². The molecule has 0 N–H and O–H groups in total. The Morgan fingerprint density at radius 1 is 1.29 bits per heavy atom. The van der Waals surface area contributed by atoms with E-state index in [0.29, 0.717) is 23.1 Å². The van der Waals surface area contributed by atoms with Crippen LogP contribution < -0.4 is 0 Å². The Labute approximate surface area is 143 Å². The molecule has 2 aromatic heterocycles. The number of nitrogens with zero attached hydrogens (tertiary/aromatic N) is 3. The third kappa shape index (κ3) is 3.51. The molecule has 5 heteroatoms. The molecule has 0 aliphatic carbocycles. The second-order valence-electron chi connectivity index (χ2n) is 6.15. The van der Waals surface area contributed by atoms with Gasteiger partial charge in [0.15, 0.2) is 5.76 Å². The minimum atomic E-state index is 0.0863. The van der Waals surface area contributed by atoms with Crippen LogP contribution in [0.2, 0.25) is 0 Å². The first-order valence-corrected chi connectivity index (χ1v) is 8.76. The highest BCUT2D eigenvalue weighted by Crippen LogP contribution is 2.21. The highest BCUT2D eigenvalue weighted by molar-refractivity contribution is 5.95. The number of rotatable bonds is 5. The lowest BCUT2D eigenvalue weighted by Gasteiger charge is -2.37. The molecule has 24 heavy (non-hydrogen) atoms. The molecule has 2 aromatic rings. The van der Waals surface area contributed by atoms with Crippen LogP contribution in [0, 0.1) is 0 Å². The average molecular weight is 327 g/mol. The zero-order chi connectivity index (χ0) is 16.9. The smallest absolute Gasteiger partial charge is 0.253 e. The molecular formula is C19H25N3O2. The number of hydrogen-bond donors (Lipinski definition) is 0. The Kier molecular flexibility index (Phi) is 5.30. The molecule has 5 nitrogen and oxygen atoms in total. The summed E-state index contributed by atoms with van der Waals surface area (Å²) in [6.07, 6.45) is 5.38. The summed E-state index contributed by atoms with van der Waals surface area (Å²) in [6.45, 7) is 8.19. The van der Waals surface area contributed by atoms with Crippen molar-refractivity contribution < 1.29 is 9.21 Å². The quantitative estimate of drug-likeness (QED) is 0.845. The summed E-state index contributed by atoms with van der Waals surface area (Å²) in [5.41, 5.74) is 1.38. The van der Waals surface area contributed by atoms with Crippen molar-refractivity contribution in [2.45, 2.75) is 32.7 Å². The molecule has 0 radical (unpaired) electrons. The van der Waals surface area contributed by atoms with Crippen molar-refractivity contribution in [2.75, 3.05) is 26.2 Å². The lowest BCUT2D eigenvalue weighted by atomic mass is 10.0. The second kappa shape index (κ2) is 7.62. The molecule has 0 saturated carbocycles. The number of carbonyl (C=O) groups excluding carboxylic acids is 1. The van der Waals surface area contributed by atoms with E-state index in [1.165, 1.54) is 0 Å². The topological polar surface area (TPSA) is 49.6 Å². The number of piperidine rings is 1. The summed E-state index contributed by atoms with van der Waals surface area (Å²) in [7, 11) is 0. The van der Waals surface area contributed by atoms with Gasteiger partial charge in [0, 0.05) is 30.9 Å². The average Bonchev–Trinajstić information content (AvgIpc) is 3.18. The molecule has 0 unspecified atom stereocenters. The summed E-state index contributed by atoms with van der Waals surface area (Å²) in [5, 5.41) is 0. The monoisotopic (exact) mass is 327 g/mol.